The van der Waals surface area contributed by atoms with Crippen molar-refractivity contribution in [2.24, 2.45) is 0 Å². The molecule has 0 N–H and O–H groups in total. The highest BCUT2D eigenvalue weighted by atomic mass is 79.9. The molecule has 5 rings (SSSR count). The van der Waals surface area contributed by atoms with Crippen molar-refractivity contribution in [3.63, 3.8) is 0 Å². The SMILES string of the molecule is CC1(C)O[C@H](COc2ccc3c(c2)C(C)(C)C2=C(C3=O)c3ccc(Br)cc3C2)[C@@H](CO[Si](C)(C)C(C)(C)C)O1. The lowest BCUT2D eigenvalue weighted by Crippen LogP contribution is -2.44. The molecule has 0 amide bonds. The van der Waals surface area contributed by atoms with Gasteiger partial charge in [-0.1, -0.05) is 56.6 Å². The summed E-state index contributed by atoms with van der Waals surface area (Å²) in [4.78, 5) is 13.7. The minimum absolute atomic E-state index is 0.101. The molecule has 0 unspecified atom stereocenters. The topological polar surface area (TPSA) is 54.0 Å². The highest BCUT2D eigenvalue weighted by Gasteiger charge is 2.45. The minimum Gasteiger partial charge on any atom is -0.491 e. The molecule has 5 nitrogen and oxygen atoms in total. The monoisotopic (exact) mass is 612 g/mol. The average molecular weight is 614 g/mol. The van der Waals surface area contributed by atoms with E-state index in [1.165, 1.54) is 11.1 Å². The van der Waals surface area contributed by atoms with Crippen LogP contribution in [0.25, 0.3) is 5.57 Å². The Morgan fingerprint density at radius 2 is 1.62 bits per heavy atom. The van der Waals surface area contributed by atoms with Gasteiger partial charge in [-0.25, -0.2) is 0 Å². The summed E-state index contributed by atoms with van der Waals surface area (Å²) in [6.45, 7) is 20.3. The summed E-state index contributed by atoms with van der Waals surface area (Å²) < 4.78 is 26.3. The molecule has 1 saturated heterocycles. The van der Waals surface area contributed by atoms with E-state index >= 15 is 0 Å². The van der Waals surface area contributed by atoms with Gasteiger partial charge in [-0.2, -0.15) is 0 Å². The molecule has 1 heterocycles. The molecule has 0 saturated carbocycles. The van der Waals surface area contributed by atoms with Crippen LogP contribution in [0.4, 0.5) is 0 Å². The minimum atomic E-state index is -1.93. The summed E-state index contributed by atoms with van der Waals surface area (Å²) in [7, 11) is -1.93. The highest BCUT2D eigenvalue weighted by molar-refractivity contribution is 9.10. The van der Waals surface area contributed by atoms with E-state index in [-0.39, 0.29) is 28.4 Å². The maximum absolute atomic E-state index is 13.7. The first-order valence-electron chi connectivity index (χ1n) is 13.8. The highest BCUT2D eigenvalue weighted by Crippen LogP contribution is 2.50. The van der Waals surface area contributed by atoms with Crippen LogP contribution in [0.5, 0.6) is 5.75 Å². The van der Waals surface area contributed by atoms with Crippen molar-refractivity contribution in [3.8, 4) is 5.75 Å². The lowest BCUT2D eigenvalue weighted by molar-refractivity contribution is -0.150. The molecule has 1 fully saturated rings. The standard InChI is InChI=1S/C32H41BrO5Si/c1-30(2,3)39(8,9)36-18-27-26(37-32(6,7)38-27)17-35-21-11-13-23-24(16-21)31(4,5)25-15-19-14-20(33)10-12-22(19)28(25)29(23)34/h10-14,16,26-27H,15,17-18H2,1-9H3/t26-,27-/m1/s1. The fourth-order valence-corrected chi connectivity index (χ4v) is 7.11. The number of ketones is 1. The molecule has 1 aliphatic heterocycles. The van der Waals surface area contributed by atoms with Gasteiger partial charge in [0.1, 0.15) is 24.6 Å². The number of benzene rings is 2. The van der Waals surface area contributed by atoms with Gasteiger partial charge in [0, 0.05) is 21.0 Å². The van der Waals surface area contributed by atoms with Crippen LogP contribution in [0.1, 0.15) is 75.5 Å². The third kappa shape index (κ3) is 5.21. The lowest BCUT2D eigenvalue weighted by Gasteiger charge is -2.37. The Balaban J connectivity index is 1.34. The van der Waals surface area contributed by atoms with Gasteiger partial charge in [0.15, 0.2) is 19.9 Å². The molecule has 0 bridgehead atoms. The largest absolute Gasteiger partial charge is 0.491 e. The Kier molecular flexibility index (Phi) is 7.12. The number of halogens is 1. The van der Waals surface area contributed by atoms with Gasteiger partial charge in [-0.05, 0) is 91.0 Å². The molecule has 0 aromatic heterocycles. The number of rotatable bonds is 6. The smallest absolute Gasteiger partial charge is 0.193 e. The van der Waals surface area contributed by atoms with E-state index < -0.39 is 14.1 Å². The summed E-state index contributed by atoms with van der Waals surface area (Å²) in [6.07, 6.45) is 0.312. The molecule has 2 aromatic carbocycles. The number of carbonyl (C=O) groups is 1. The van der Waals surface area contributed by atoms with Gasteiger partial charge in [0.25, 0.3) is 0 Å². The normalized spacial score (nSPS) is 23.5. The maximum atomic E-state index is 13.7. The molecule has 0 spiro atoms. The van der Waals surface area contributed by atoms with Crippen LogP contribution in [-0.2, 0) is 25.7 Å². The van der Waals surface area contributed by atoms with Crippen LogP contribution >= 0.6 is 15.9 Å². The lowest BCUT2D eigenvalue weighted by atomic mass is 9.68. The number of ether oxygens (including phenoxy) is 3. The van der Waals surface area contributed by atoms with E-state index in [1.54, 1.807) is 0 Å². The molecule has 3 aliphatic rings. The van der Waals surface area contributed by atoms with Gasteiger partial charge in [0.05, 0.1) is 6.61 Å². The molecule has 0 radical (unpaired) electrons. The Morgan fingerprint density at radius 3 is 2.28 bits per heavy atom. The van der Waals surface area contributed by atoms with E-state index in [4.69, 9.17) is 18.6 Å². The van der Waals surface area contributed by atoms with Crippen molar-refractivity contribution in [1.29, 1.82) is 0 Å². The van der Waals surface area contributed by atoms with E-state index in [0.717, 1.165) is 38.9 Å². The number of Topliss-reactive ketones (excluding diaryl/α,β-unsaturated/α-hetero) is 1. The molecule has 2 aromatic rings. The molecule has 2 aliphatic carbocycles. The van der Waals surface area contributed by atoms with E-state index in [9.17, 15) is 4.79 Å². The third-order valence-electron chi connectivity index (χ3n) is 9.01. The third-order valence-corrected chi connectivity index (χ3v) is 14.0. The first kappa shape index (κ1) is 28.7. The Bertz CT molecular complexity index is 1350. The van der Waals surface area contributed by atoms with Crippen LogP contribution < -0.4 is 4.74 Å². The zero-order valence-electron chi connectivity index (χ0n) is 24.7. The predicted molar refractivity (Wildman–Crippen MR) is 161 cm³/mol. The van der Waals surface area contributed by atoms with Gasteiger partial charge < -0.3 is 18.6 Å². The van der Waals surface area contributed by atoms with Crippen molar-refractivity contribution in [2.45, 2.75) is 96.4 Å². The van der Waals surface area contributed by atoms with Crippen molar-refractivity contribution in [2.75, 3.05) is 13.2 Å². The van der Waals surface area contributed by atoms with Crippen LogP contribution in [0.2, 0.25) is 18.1 Å². The molecular formula is C32H41BrO5Si. The summed E-state index contributed by atoms with van der Waals surface area (Å²) in [6, 6.07) is 12.1. The fraction of sp³-hybridized carbons (Fsp3) is 0.531. The van der Waals surface area contributed by atoms with Gasteiger partial charge >= 0.3 is 0 Å². The number of allylic oxidation sites excluding steroid dienone is 2. The summed E-state index contributed by atoms with van der Waals surface area (Å²) in [5, 5.41) is 0.119. The van der Waals surface area contributed by atoms with Crippen molar-refractivity contribution in [1.82, 2.24) is 0 Å². The zero-order valence-corrected chi connectivity index (χ0v) is 27.2. The second-order valence-corrected chi connectivity index (χ2v) is 19.3. The van der Waals surface area contributed by atoms with Gasteiger partial charge in [-0.3, -0.25) is 4.79 Å². The van der Waals surface area contributed by atoms with Gasteiger partial charge in [-0.15, -0.1) is 0 Å². The Hall–Kier alpha value is -1.77. The van der Waals surface area contributed by atoms with Crippen LogP contribution in [0.15, 0.2) is 46.4 Å². The number of fused-ring (bicyclic) bond motifs is 3. The number of hydrogen-bond acceptors (Lipinski definition) is 5. The first-order chi connectivity index (χ1) is 18.0. The van der Waals surface area contributed by atoms with E-state index in [2.05, 4.69) is 75.8 Å². The summed E-state index contributed by atoms with van der Waals surface area (Å²) >= 11 is 3.58. The average Bonchev–Trinajstić information content (AvgIpc) is 3.36. The predicted octanol–water partition coefficient (Wildman–Crippen LogP) is 7.85. The van der Waals surface area contributed by atoms with E-state index in [0.29, 0.717) is 13.2 Å². The van der Waals surface area contributed by atoms with Gasteiger partial charge in [0.2, 0.25) is 0 Å². The number of carbonyl (C=O) groups excluding carboxylic acids is 1. The summed E-state index contributed by atoms with van der Waals surface area (Å²) in [5.41, 5.74) is 5.78. The number of hydrogen-bond donors (Lipinski definition) is 0. The summed E-state index contributed by atoms with van der Waals surface area (Å²) in [5.74, 6) is 0.133. The van der Waals surface area contributed by atoms with Crippen molar-refractivity contribution >= 4 is 35.6 Å². The molecule has 39 heavy (non-hydrogen) atoms. The molecule has 210 valence electrons. The molecular weight excluding hydrogens is 572 g/mol. The Labute approximate surface area is 242 Å². The van der Waals surface area contributed by atoms with E-state index in [1.807, 2.05) is 38.1 Å². The quantitative estimate of drug-likeness (QED) is 0.311. The van der Waals surface area contributed by atoms with Crippen LogP contribution in [-0.4, -0.2) is 45.3 Å². The fourth-order valence-electron chi connectivity index (χ4n) is 5.69. The molecule has 2 atom stereocenters. The second-order valence-electron chi connectivity index (χ2n) is 13.6. The van der Waals surface area contributed by atoms with Crippen molar-refractivity contribution < 1.29 is 23.4 Å². The van der Waals surface area contributed by atoms with Crippen LogP contribution in [0, 0.1) is 0 Å². The Morgan fingerprint density at radius 1 is 0.974 bits per heavy atom. The second kappa shape index (κ2) is 9.66. The zero-order chi connectivity index (χ0) is 28.5. The van der Waals surface area contributed by atoms with Crippen molar-refractivity contribution in [3.05, 3.63) is 68.7 Å². The van der Waals surface area contributed by atoms with Crippen LogP contribution in [0.3, 0.4) is 0 Å². The molecule has 7 heteroatoms. The first-order valence-corrected chi connectivity index (χ1v) is 17.5. The maximum Gasteiger partial charge on any atom is 0.193 e.